The van der Waals surface area contributed by atoms with E-state index in [2.05, 4.69) is 20.4 Å². The number of benzene rings is 1. The number of rotatable bonds is 3. The molecule has 0 fully saturated rings. The number of nitrogens with zero attached hydrogens (tertiary/aromatic N) is 4. The minimum Gasteiger partial charge on any atom is -0.493 e. The molecule has 4 rings (SSSR count). The minimum absolute atomic E-state index is 0.0505. The molecule has 3 heterocycles. The molecular weight excluding hydrogens is 340 g/mol. The smallest absolute Gasteiger partial charge is 0.224 e. The van der Waals surface area contributed by atoms with Crippen LogP contribution in [0.1, 0.15) is 24.4 Å². The third-order valence-corrected chi connectivity index (χ3v) is 4.27. The van der Waals surface area contributed by atoms with Gasteiger partial charge >= 0.3 is 0 Å². The molecule has 25 heavy (non-hydrogen) atoms. The number of halogens is 1. The van der Waals surface area contributed by atoms with E-state index in [0.29, 0.717) is 23.3 Å². The summed E-state index contributed by atoms with van der Waals surface area (Å²) in [6.45, 7) is 0.663. The van der Waals surface area contributed by atoms with Crippen LogP contribution in [-0.2, 0) is 0 Å². The number of fused-ring (bicyclic) bond motifs is 1. The largest absolute Gasteiger partial charge is 0.493 e. The predicted molar refractivity (Wildman–Crippen MR) is 96.1 cm³/mol. The van der Waals surface area contributed by atoms with Gasteiger partial charge in [-0.15, -0.1) is 0 Å². The molecule has 0 spiro atoms. The lowest BCUT2D eigenvalue weighted by Crippen LogP contribution is -2.13. The minimum atomic E-state index is 0.0505. The van der Waals surface area contributed by atoms with Crippen LogP contribution in [0, 0.1) is 0 Å². The van der Waals surface area contributed by atoms with Crippen molar-refractivity contribution in [3.05, 3.63) is 53.3 Å². The monoisotopic (exact) mass is 356 g/mol. The molecule has 128 valence electrons. The molecule has 3 N–H and O–H groups in total. The van der Waals surface area contributed by atoms with Gasteiger partial charge in [-0.1, -0.05) is 17.7 Å². The summed E-state index contributed by atoms with van der Waals surface area (Å²) in [4.78, 5) is 8.54. The van der Waals surface area contributed by atoms with Crippen LogP contribution in [0.4, 0.5) is 11.8 Å². The first-order valence-electron chi connectivity index (χ1n) is 8.02. The Morgan fingerprint density at radius 3 is 3.04 bits per heavy atom. The zero-order chi connectivity index (χ0) is 17.2. The van der Waals surface area contributed by atoms with E-state index in [1.165, 1.54) is 0 Å². The van der Waals surface area contributed by atoms with Crippen LogP contribution in [0.25, 0.3) is 5.82 Å². The Morgan fingerprint density at radius 2 is 2.20 bits per heavy atom. The molecule has 0 aliphatic carbocycles. The van der Waals surface area contributed by atoms with Crippen molar-refractivity contribution < 1.29 is 4.74 Å². The lowest BCUT2D eigenvalue weighted by atomic mass is 10.0. The average Bonchev–Trinajstić information content (AvgIpc) is 3.05. The van der Waals surface area contributed by atoms with Crippen molar-refractivity contribution in [3.63, 3.8) is 0 Å². The number of ether oxygens (including phenoxy) is 1. The first kappa shape index (κ1) is 15.7. The molecule has 2 aromatic heterocycles. The predicted octanol–water partition coefficient (Wildman–Crippen LogP) is 3.22. The Bertz CT molecular complexity index is 883. The molecule has 1 aliphatic heterocycles. The average molecular weight is 357 g/mol. The lowest BCUT2D eigenvalue weighted by molar-refractivity contribution is 0.316. The summed E-state index contributed by atoms with van der Waals surface area (Å²) in [7, 11) is 0. The van der Waals surface area contributed by atoms with Gasteiger partial charge in [-0.3, -0.25) is 0 Å². The van der Waals surface area contributed by atoms with Gasteiger partial charge in [-0.2, -0.15) is 15.1 Å². The Morgan fingerprint density at radius 1 is 1.28 bits per heavy atom. The van der Waals surface area contributed by atoms with E-state index in [1.54, 1.807) is 10.9 Å². The van der Waals surface area contributed by atoms with Crippen molar-refractivity contribution >= 4 is 23.4 Å². The second kappa shape index (κ2) is 6.60. The van der Waals surface area contributed by atoms with Crippen molar-refractivity contribution in [1.82, 2.24) is 19.7 Å². The highest BCUT2D eigenvalue weighted by molar-refractivity contribution is 6.30. The van der Waals surface area contributed by atoms with Gasteiger partial charge in [0.05, 0.1) is 12.6 Å². The Kier molecular flexibility index (Phi) is 4.15. The molecule has 8 heteroatoms. The van der Waals surface area contributed by atoms with Gasteiger partial charge in [-0.25, -0.2) is 4.68 Å². The molecule has 1 unspecified atom stereocenters. The number of anilines is 2. The zero-order valence-electron chi connectivity index (χ0n) is 13.4. The third-order valence-electron chi connectivity index (χ3n) is 4.04. The van der Waals surface area contributed by atoms with Crippen LogP contribution in [0.3, 0.4) is 0 Å². The fourth-order valence-electron chi connectivity index (χ4n) is 2.92. The van der Waals surface area contributed by atoms with Crippen molar-refractivity contribution in [1.29, 1.82) is 0 Å². The number of hydrogen-bond donors (Lipinski definition) is 2. The SMILES string of the molecule is Nc1nc(NC2CCCOc3cc(Cl)ccc32)cc(-n2cccn2)n1. The quantitative estimate of drug-likeness (QED) is 0.748. The second-order valence-corrected chi connectivity index (χ2v) is 6.23. The number of hydrogen-bond acceptors (Lipinski definition) is 6. The van der Waals surface area contributed by atoms with Gasteiger partial charge in [0.2, 0.25) is 5.95 Å². The topological polar surface area (TPSA) is 90.9 Å². The Hall–Kier alpha value is -2.80. The number of aromatic nitrogens is 4. The van der Waals surface area contributed by atoms with Crippen LogP contribution in [0.2, 0.25) is 5.02 Å². The van der Waals surface area contributed by atoms with Gasteiger partial charge in [0.25, 0.3) is 0 Å². The van der Waals surface area contributed by atoms with Crippen molar-refractivity contribution in [2.24, 2.45) is 0 Å². The highest BCUT2D eigenvalue weighted by atomic mass is 35.5. The highest BCUT2D eigenvalue weighted by Gasteiger charge is 2.21. The van der Waals surface area contributed by atoms with E-state index < -0.39 is 0 Å². The van der Waals surface area contributed by atoms with Gasteiger partial charge in [0.15, 0.2) is 5.82 Å². The summed E-state index contributed by atoms with van der Waals surface area (Å²) in [6, 6.07) is 9.40. The molecule has 1 aromatic carbocycles. The van der Waals surface area contributed by atoms with Crippen LogP contribution in [0.5, 0.6) is 5.75 Å². The van der Waals surface area contributed by atoms with Gasteiger partial charge in [0.1, 0.15) is 11.6 Å². The molecule has 0 saturated heterocycles. The fourth-order valence-corrected chi connectivity index (χ4v) is 3.08. The Labute approximate surface area is 149 Å². The van der Waals surface area contributed by atoms with E-state index in [-0.39, 0.29) is 12.0 Å². The number of nitrogen functional groups attached to an aromatic ring is 1. The summed E-state index contributed by atoms with van der Waals surface area (Å²) in [5.74, 6) is 2.25. The Balaban J connectivity index is 1.66. The molecular formula is C17H17ClN6O. The molecule has 3 aromatic rings. The second-order valence-electron chi connectivity index (χ2n) is 5.79. The van der Waals surface area contributed by atoms with Crippen molar-refractivity contribution in [2.75, 3.05) is 17.7 Å². The van der Waals surface area contributed by atoms with Crippen LogP contribution >= 0.6 is 11.6 Å². The van der Waals surface area contributed by atoms with E-state index in [1.807, 2.05) is 36.5 Å². The maximum atomic E-state index is 6.09. The maximum absolute atomic E-state index is 6.09. The summed E-state index contributed by atoms with van der Waals surface area (Å²) in [5, 5.41) is 8.29. The first-order valence-corrected chi connectivity index (χ1v) is 8.40. The van der Waals surface area contributed by atoms with Crippen molar-refractivity contribution in [2.45, 2.75) is 18.9 Å². The molecule has 7 nitrogen and oxygen atoms in total. The molecule has 1 aliphatic rings. The van der Waals surface area contributed by atoms with Gasteiger partial charge in [-0.05, 0) is 31.0 Å². The van der Waals surface area contributed by atoms with E-state index in [0.717, 1.165) is 24.2 Å². The van der Waals surface area contributed by atoms with Crippen LogP contribution in [-0.4, -0.2) is 26.4 Å². The molecule has 1 atom stereocenters. The first-order chi connectivity index (χ1) is 12.2. The fraction of sp³-hybridized carbons (Fsp3) is 0.235. The lowest BCUT2D eigenvalue weighted by Gasteiger charge is -2.19. The zero-order valence-corrected chi connectivity index (χ0v) is 14.1. The van der Waals surface area contributed by atoms with Gasteiger partial charge < -0.3 is 15.8 Å². The van der Waals surface area contributed by atoms with E-state index in [9.17, 15) is 0 Å². The third kappa shape index (κ3) is 3.36. The van der Waals surface area contributed by atoms with Crippen molar-refractivity contribution in [3.8, 4) is 11.6 Å². The summed E-state index contributed by atoms with van der Waals surface area (Å²) in [6.07, 6.45) is 5.34. The van der Waals surface area contributed by atoms with Crippen LogP contribution < -0.4 is 15.8 Å². The molecule has 0 saturated carbocycles. The highest BCUT2D eigenvalue weighted by Crippen LogP contribution is 2.35. The molecule has 0 amide bonds. The van der Waals surface area contributed by atoms with E-state index >= 15 is 0 Å². The standard InChI is InChI=1S/C17H17ClN6O/c18-11-4-5-12-13(3-1-8-25-14(12)9-11)21-15-10-16(23-17(19)22-15)24-7-2-6-20-24/h2,4-7,9-10,13H,1,3,8H2,(H3,19,21,22,23). The van der Waals surface area contributed by atoms with E-state index in [4.69, 9.17) is 22.1 Å². The van der Waals surface area contributed by atoms with Gasteiger partial charge in [0, 0.05) is 29.0 Å². The summed E-state index contributed by atoms with van der Waals surface area (Å²) < 4.78 is 7.45. The number of nitrogens with two attached hydrogens (primary N) is 1. The number of nitrogens with one attached hydrogen (secondary N) is 1. The molecule has 0 radical (unpaired) electrons. The summed E-state index contributed by atoms with van der Waals surface area (Å²) >= 11 is 6.09. The maximum Gasteiger partial charge on any atom is 0.224 e. The normalized spacial score (nSPS) is 16.6. The summed E-state index contributed by atoms with van der Waals surface area (Å²) in [5.41, 5.74) is 6.93. The van der Waals surface area contributed by atoms with Crippen LogP contribution in [0.15, 0.2) is 42.7 Å². The molecule has 0 bridgehead atoms.